The first-order chi connectivity index (χ1) is 20.9. The van der Waals surface area contributed by atoms with Gasteiger partial charge in [0, 0.05) is 31.2 Å². The maximum Gasteiger partial charge on any atom is 0.257 e. The van der Waals surface area contributed by atoms with Gasteiger partial charge in [-0.3, -0.25) is 4.79 Å². The number of aromatic nitrogens is 3. The SMILES string of the molecule is CN(C)CCNC(=O)COc1ccc(-c2nc3ncc(Cl)c(NC4CCNCC4Cc4ccc5c(c4)OCO5)c3[nH]2)cc1. The summed E-state index contributed by atoms with van der Waals surface area (Å²) in [6, 6.07) is 13.8. The molecule has 4 N–H and O–H groups in total. The van der Waals surface area contributed by atoms with Crippen LogP contribution >= 0.6 is 11.6 Å². The Labute approximate surface area is 255 Å². The van der Waals surface area contributed by atoms with Crippen LogP contribution in [0.25, 0.3) is 22.6 Å². The molecule has 0 radical (unpaired) electrons. The summed E-state index contributed by atoms with van der Waals surface area (Å²) in [5.41, 5.74) is 4.21. The van der Waals surface area contributed by atoms with E-state index in [-0.39, 0.29) is 25.3 Å². The Morgan fingerprint density at radius 1 is 1.16 bits per heavy atom. The summed E-state index contributed by atoms with van der Waals surface area (Å²) in [7, 11) is 3.92. The number of carbonyl (C=O) groups excluding carboxylic acids is 1. The molecule has 0 bridgehead atoms. The quantitative estimate of drug-likeness (QED) is 0.202. The van der Waals surface area contributed by atoms with Crippen molar-refractivity contribution in [2.75, 3.05) is 59.0 Å². The predicted molar refractivity (Wildman–Crippen MR) is 166 cm³/mol. The van der Waals surface area contributed by atoms with Crippen molar-refractivity contribution >= 4 is 34.4 Å². The van der Waals surface area contributed by atoms with Crippen LogP contribution in [0.15, 0.2) is 48.7 Å². The highest BCUT2D eigenvalue weighted by atomic mass is 35.5. The Morgan fingerprint density at radius 2 is 2.00 bits per heavy atom. The van der Waals surface area contributed by atoms with Crippen LogP contribution < -0.4 is 30.2 Å². The van der Waals surface area contributed by atoms with Crippen LogP contribution in [0.4, 0.5) is 5.69 Å². The first kappa shape index (κ1) is 29.0. The number of benzene rings is 2. The highest BCUT2D eigenvalue weighted by Crippen LogP contribution is 2.35. The van der Waals surface area contributed by atoms with E-state index in [1.165, 1.54) is 5.56 Å². The van der Waals surface area contributed by atoms with Crippen LogP contribution in [0.5, 0.6) is 17.2 Å². The van der Waals surface area contributed by atoms with Gasteiger partial charge in [-0.25, -0.2) is 9.97 Å². The third-order valence-corrected chi connectivity index (χ3v) is 8.01. The molecule has 1 fully saturated rings. The number of piperidine rings is 1. The summed E-state index contributed by atoms with van der Waals surface area (Å²) in [6.45, 7) is 3.38. The minimum absolute atomic E-state index is 0.0405. The maximum atomic E-state index is 12.0. The fourth-order valence-corrected chi connectivity index (χ4v) is 5.62. The van der Waals surface area contributed by atoms with Gasteiger partial charge < -0.3 is 40.0 Å². The largest absolute Gasteiger partial charge is 0.484 e. The summed E-state index contributed by atoms with van der Waals surface area (Å²) < 4.78 is 16.7. The highest BCUT2D eigenvalue weighted by Gasteiger charge is 2.28. The van der Waals surface area contributed by atoms with Gasteiger partial charge in [0.05, 0.1) is 16.9 Å². The lowest BCUT2D eigenvalue weighted by Gasteiger charge is -2.34. The van der Waals surface area contributed by atoms with Crippen LogP contribution in [0.2, 0.25) is 5.02 Å². The van der Waals surface area contributed by atoms with E-state index in [1.807, 2.05) is 49.3 Å². The molecule has 4 aromatic rings. The Bertz CT molecular complexity index is 1580. The molecule has 0 spiro atoms. The van der Waals surface area contributed by atoms with Gasteiger partial charge in [-0.1, -0.05) is 17.7 Å². The van der Waals surface area contributed by atoms with Gasteiger partial charge in [-0.2, -0.15) is 0 Å². The predicted octanol–water partition coefficient (Wildman–Crippen LogP) is 3.70. The van der Waals surface area contributed by atoms with E-state index in [1.54, 1.807) is 6.20 Å². The normalized spacial score (nSPS) is 17.8. The van der Waals surface area contributed by atoms with E-state index >= 15 is 0 Å². The summed E-state index contributed by atoms with van der Waals surface area (Å²) >= 11 is 6.71. The molecule has 2 aliphatic heterocycles. The number of H-pyrrole nitrogens is 1. The van der Waals surface area contributed by atoms with Crippen LogP contribution in [0.3, 0.4) is 0 Å². The monoisotopic (exact) mass is 605 g/mol. The first-order valence-electron chi connectivity index (χ1n) is 14.5. The number of halogens is 1. The third kappa shape index (κ3) is 6.96. The van der Waals surface area contributed by atoms with Gasteiger partial charge >= 0.3 is 0 Å². The molecule has 2 aromatic carbocycles. The molecule has 12 heteroatoms. The molecular formula is C31H36ClN7O4. The molecule has 226 valence electrons. The van der Waals surface area contributed by atoms with Crippen molar-refractivity contribution in [1.82, 2.24) is 30.5 Å². The lowest BCUT2D eigenvalue weighted by atomic mass is 9.87. The van der Waals surface area contributed by atoms with E-state index in [4.69, 9.17) is 30.8 Å². The van der Waals surface area contributed by atoms with Crippen molar-refractivity contribution in [2.24, 2.45) is 5.92 Å². The minimum Gasteiger partial charge on any atom is -0.484 e. The zero-order chi connectivity index (χ0) is 29.8. The van der Waals surface area contributed by atoms with Crippen molar-refractivity contribution in [3.05, 3.63) is 59.2 Å². The molecule has 2 unspecified atom stereocenters. The number of likely N-dealkylation sites (N-methyl/N-ethyl adjacent to an activating group) is 1. The number of imidazole rings is 1. The average Bonchev–Trinajstić information content (AvgIpc) is 3.66. The van der Waals surface area contributed by atoms with Crippen LogP contribution in [0, 0.1) is 5.92 Å². The number of hydrogen-bond acceptors (Lipinski definition) is 9. The molecule has 11 nitrogen and oxygen atoms in total. The van der Waals surface area contributed by atoms with E-state index < -0.39 is 0 Å². The van der Waals surface area contributed by atoms with Gasteiger partial charge in [0.1, 0.15) is 17.1 Å². The van der Waals surface area contributed by atoms with Crippen molar-refractivity contribution < 1.29 is 19.0 Å². The summed E-state index contributed by atoms with van der Waals surface area (Å²) in [6.07, 6.45) is 3.48. The van der Waals surface area contributed by atoms with E-state index in [0.29, 0.717) is 34.7 Å². The number of ether oxygens (including phenoxy) is 3. The van der Waals surface area contributed by atoms with Gasteiger partial charge in [0.2, 0.25) is 6.79 Å². The van der Waals surface area contributed by atoms with Crippen LogP contribution in [-0.2, 0) is 11.2 Å². The number of rotatable bonds is 11. The lowest BCUT2D eigenvalue weighted by Crippen LogP contribution is -2.45. The number of pyridine rings is 1. The molecule has 1 amide bonds. The van der Waals surface area contributed by atoms with Gasteiger partial charge in [0.25, 0.3) is 5.91 Å². The number of hydrogen-bond donors (Lipinski definition) is 4. The van der Waals surface area contributed by atoms with E-state index in [2.05, 4.69) is 38.1 Å². The van der Waals surface area contributed by atoms with Crippen molar-refractivity contribution in [3.63, 3.8) is 0 Å². The smallest absolute Gasteiger partial charge is 0.257 e. The molecule has 6 rings (SSSR count). The number of carbonyl (C=O) groups is 1. The molecular weight excluding hydrogens is 570 g/mol. The molecule has 2 atom stereocenters. The minimum atomic E-state index is -0.155. The number of fused-ring (bicyclic) bond motifs is 2. The zero-order valence-electron chi connectivity index (χ0n) is 24.3. The van der Waals surface area contributed by atoms with Gasteiger partial charge in [-0.05, 0) is 81.4 Å². The molecule has 0 saturated carbocycles. The zero-order valence-corrected chi connectivity index (χ0v) is 25.0. The van der Waals surface area contributed by atoms with Crippen molar-refractivity contribution in [2.45, 2.75) is 18.9 Å². The summed E-state index contributed by atoms with van der Waals surface area (Å²) in [5, 5.41) is 10.7. The van der Waals surface area contributed by atoms with Crippen molar-refractivity contribution in [3.8, 4) is 28.6 Å². The average molecular weight is 606 g/mol. The number of amides is 1. The second-order valence-electron chi connectivity index (χ2n) is 11.1. The molecule has 2 aromatic heterocycles. The fourth-order valence-electron chi connectivity index (χ4n) is 5.42. The highest BCUT2D eigenvalue weighted by molar-refractivity contribution is 6.34. The second-order valence-corrected chi connectivity index (χ2v) is 11.5. The molecule has 0 aliphatic carbocycles. The molecule has 2 aliphatic rings. The maximum absolute atomic E-state index is 12.0. The Morgan fingerprint density at radius 3 is 2.84 bits per heavy atom. The summed E-state index contributed by atoms with van der Waals surface area (Å²) in [4.78, 5) is 26.7. The van der Waals surface area contributed by atoms with Crippen molar-refractivity contribution in [1.29, 1.82) is 0 Å². The topological polar surface area (TPSA) is 126 Å². The van der Waals surface area contributed by atoms with Crippen LogP contribution in [-0.4, -0.2) is 85.5 Å². The van der Waals surface area contributed by atoms with Crippen LogP contribution in [0.1, 0.15) is 12.0 Å². The standard InChI is InChI=1S/C31H36ClN7O4/c1-39(2)12-11-34-27(40)17-41-22-6-4-20(5-7-22)30-37-29-28(23(32)16-35-31(29)38-30)36-24-9-10-33-15-21(24)13-19-3-8-25-26(14-19)43-18-42-25/h3-8,14,16,21,24,33H,9-13,15,17-18H2,1-2H3,(H,34,40)(H2,35,36,37,38). The first-order valence-corrected chi connectivity index (χ1v) is 14.9. The molecule has 43 heavy (non-hydrogen) atoms. The van der Waals surface area contributed by atoms with E-state index in [9.17, 15) is 4.79 Å². The van der Waals surface area contributed by atoms with Gasteiger partial charge in [0.15, 0.2) is 23.8 Å². The van der Waals surface area contributed by atoms with Gasteiger partial charge in [-0.15, -0.1) is 0 Å². The molecule has 1 saturated heterocycles. The summed E-state index contributed by atoms with van der Waals surface area (Å²) in [5.74, 6) is 3.04. The fraction of sp³-hybridized carbons (Fsp3) is 0.387. The number of nitrogens with zero attached hydrogens (tertiary/aromatic N) is 3. The lowest BCUT2D eigenvalue weighted by molar-refractivity contribution is -0.123. The Kier molecular flexibility index (Phi) is 8.82. The number of anilines is 1. The Hall–Kier alpha value is -4.06. The third-order valence-electron chi connectivity index (χ3n) is 7.72. The van der Waals surface area contributed by atoms with E-state index in [0.717, 1.165) is 60.7 Å². The number of aromatic amines is 1. The molecule has 4 heterocycles. The second kappa shape index (κ2) is 13.1. The Balaban J connectivity index is 1.14. The number of nitrogens with one attached hydrogen (secondary N) is 4.